The van der Waals surface area contributed by atoms with Crippen LogP contribution in [0.15, 0.2) is 30.4 Å². The van der Waals surface area contributed by atoms with Gasteiger partial charge in [-0.25, -0.2) is 0 Å². The lowest BCUT2D eigenvalue weighted by Gasteiger charge is -2.06. The molecule has 0 aliphatic rings. The molecule has 0 fully saturated rings. The molecule has 0 atom stereocenters. The smallest absolute Gasteiger partial charge is 0.160 e. The van der Waals surface area contributed by atoms with Crippen LogP contribution in [0.25, 0.3) is 0 Å². The topological polar surface area (TPSA) is 40.5 Å². The summed E-state index contributed by atoms with van der Waals surface area (Å²) in [5, 5.41) is 19.1. The van der Waals surface area contributed by atoms with Crippen molar-refractivity contribution in [2.75, 3.05) is 0 Å². The molecule has 1 rings (SSSR count). The van der Waals surface area contributed by atoms with E-state index in [9.17, 15) is 10.2 Å². The minimum atomic E-state index is -0.0105. The number of unbranched alkanes of at least 4 members (excludes halogenated alkanes) is 7. The standard InChI is InChI=1S/C18H28O2/c1-2-3-4-5-6-7-8-9-10-11-13-16-14-12-15-17(19)18(16)20/h2-3,12,14-15,19-20H,4-11,13H2,1H3. The number of phenolic OH excluding ortho intramolecular Hbond substituents is 2. The molecule has 2 nitrogen and oxygen atoms in total. The van der Waals surface area contributed by atoms with Gasteiger partial charge in [-0.05, 0) is 44.2 Å². The Labute approximate surface area is 123 Å². The predicted octanol–water partition coefficient (Wildman–Crippen LogP) is 5.34. The van der Waals surface area contributed by atoms with Gasteiger partial charge in [0.05, 0.1) is 0 Å². The fraction of sp³-hybridized carbons (Fsp3) is 0.556. The number of aryl methyl sites for hydroxylation is 1. The van der Waals surface area contributed by atoms with E-state index in [0.29, 0.717) is 0 Å². The van der Waals surface area contributed by atoms with Gasteiger partial charge in [-0.3, -0.25) is 0 Å². The second kappa shape index (κ2) is 10.4. The Morgan fingerprint density at radius 1 is 0.900 bits per heavy atom. The van der Waals surface area contributed by atoms with Gasteiger partial charge in [0.1, 0.15) is 0 Å². The molecule has 0 unspecified atom stereocenters. The molecule has 0 saturated heterocycles. The van der Waals surface area contributed by atoms with Gasteiger partial charge in [-0.2, -0.15) is 0 Å². The Balaban J connectivity index is 2.01. The van der Waals surface area contributed by atoms with Crippen molar-refractivity contribution < 1.29 is 10.2 Å². The molecule has 0 spiro atoms. The van der Waals surface area contributed by atoms with Crippen molar-refractivity contribution in [1.29, 1.82) is 0 Å². The molecule has 0 heterocycles. The third-order valence-electron chi connectivity index (χ3n) is 3.65. The van der Waals surface area contributed by atoms with Gasteiger partial charge < -0.3 is 10.2 Å². The second-order valence-electron chi connectivity index (χ2n) is 5.37. The summed E-state index contributed by atoms with van der Waals surface area (Å²) in [6, 6.07) is 5.19. The number of hydrogen-bond donors (Lipinski definition) is 2. The molecule has 1 aromatic rings. The van der Waals surface area contributed by atoms with Crippen molar-refractivity contribution in [1.82, 2.24) is 0 Å². The zero-order valence-corrected chi connectivity index (χ0v) is 12.6. The number of rotatable bonds is 10. The Bertz CT molecular complexity index is 396. The molecular weight excluding hydrogens is 248 g/mol. The minimum absolute atomic E-state index is 0.0105. The van der Waals surface area contributed by atoms with Gasteiger partial charge in [0.25, 0.3) is 0 Å². The fourth-order valence-electron chi connectivity index (χ4n) is 2.41. The molecule has 2 N–H and O–H groups in total. The number of phenols is 2. The van der Waals surface area contributed by atoms with E-state index < -0.39 is 0 Å². The largest absolute Gasteiger partial charge is 0.504 e. The third kappa shape index (κ3) is 6.65. The van der Waals surface area contributed by atoms with Gasteiger partial charge in [0.15, 0.2) is 11.5 Å². The quantitative estimate of drug-likeness (QED) is 0.344. The first kappa shape index (κ1) is 16.6. The van der Waals surface area contributed by atoms with E-state index in [-0.39, 0.29) is 11.5 Å². The van der Waals surface area contributed by atoms with Gasteiger partial charge >= 0.3 is 0 Å². The Kier molecular flexibility index (Phi) is 8.61. The van der Waals surface area contributed by atoms with E-state index >= 15 is 0 Å². The van der Waals surface area contributed by atoms with Crippen molar-refractivity contribution in [2.24, 2.45) is 0 Å². The molecule has 112 valence electrons. The molecule has 0 amide bonds. The zero-order valence-electron chi connectivity index (χ0n) is 12.6. The number of para-hydroxylation sites is 1. The van der Waals surface area contributed by atoms with Crippen LogP contribution in [0, 0.1) is 0 Å². The number of aromatic hydroxyl groups is 2. The van der Waals surface area contributed by atoms with Crippen LogP contribution in [-0.2, 0) is 6.42 Å². The maximum atomic E-state index is 9.69. The summed E-state index contributed by atoms with van der Waals surface area (Å²) in [5.74, 6) is 0.0418. The van der Waals surface area contributed by atoms with Crippen molar-refractivity contribution in [3.8, 4) is 11.5 Å². The summed E-state index contributed by atoms with van der Waals surface area (Å²) in [6.07, 6.45) is 15.2. The SMILES string of the molecule is CC=CCCCCCCCCCc1cccc(O)c1O. The lowest BCUT2D eigenvalue weighted by Crippen LogP contribution is -1.87. The monoisotopic (exact) mass is 276 g/mol. The lowest BCUT2D eigenvalue weighted by molar-refractivity contribution is 0.398. The van der Waals surface area contributed by atoms with Gasteiger partial charge in [0.2, 0.25) is 0 Å². The van der Waals surface area contributed by atoms with Crippen LogP contribution in [0.2, 0.25) is 0 Å². The van der Waals surface area contributed by atoms with Crippen molar-refractivity contribution in [3.05, 3.63) is 35.9 Å². The van der Waals surface area contributed by atoms with E-state index in [4.69, 9.17) is 0 Å². The van der Waals surface area contributed by atoms with Gasteiger partial charge in [0, 0.05) is 0 Å². The van der Waals surface area contributed by atoms with E-state index in [0.717, 1.165) is 18.4 Å². The van der Waals surface area contributed by atoms with Crippen molar-refractivity contribution in [2.45, 2.75) is 64.7 Å². The molecule has 1 aromatic carbocycles. The highest BCUT2D eigenvalue weighted by atomic mass is 16.3. The van der Waals surface area contributed by atoms with Crippen molar-refractivity contribution in [3.63, 3.8) is 0 Å². The maximum absolute atomic E-state index is 9.69. The first-order valence-corrected chi connectivity index (χ1v) is 7.86. The van der Waals surface area contributed by atoms with Gasteiger partial charge in [-0.1, -0.05) is 56.4 Å². The summed E-state index contributed by atoms with van der Waals surface area (Å²) in [7, 11) is 0. The van der Waals surface area contributed by atoms with Gasteiger partial charge in [-0.15, -0.1) is 0 Å². The zero-order chi connectivity index (χ0) is 14.6. The van der Waals surface area contributed by atoms with Crippen LogP contribution in [0.1, 0.15) is 63.9 Å². The summed E-state index contributed by atoms with van der Waals surface area (Å²) in [4.78, 5) is 0. The summed E-state index contributed by atoms with van der Waals surface area (Å²) in [5.41, 5.74) is 0.858. The molecule has 20 heavy (non-hydrogen) atoms. The van der Waals surface area contributed by atoms with Crippen LogP contribution in [0.4, 0.5) is 0 Å². The Morgan fingerprint density at radius 3 is 2.25 bits per heavy atom. The maximum Gasteiger partial charge on any atom is 0.160 e. The normalized spacial score (nSPS) is 11.2. The first-order valence-electron chi connectivity index (χ1n) is 7.86. The fourth-order valence-corrected chi connectivity index (χ4v) is 2.41. The molecule has 0 saturated carbocycles. The Hall–Kier alpha value is -1.44. The average molecular weight is 276 g/mol. The van der Waals surface area contributed by atoms with Crippen LogP contribution in [0.3, 0.4) is 0 Å². The Morgan fingerprint density at radius 2 is 1.55 bits per heavy atom. The highest BCUT2D eigenvalue weighted by Crippen LogP contribution is 2.29. The van der Waals surface area contributed by atoms with Crippen molar-refractivity contribution >= 4 is 0 Å². The van der Waals surface area contributed by atoms with Crippen LogP contribution in [-0.4, -0.2) is 10.2 Å². The highest BCUT2D eigenvalue weighted by molar-refractivity contribution is 5.44. The molecule has 0 aliphatic carbocycles. The molecule has 0 radical (unpaired) electrons. The van der Waals surface area contributed by atoms with Crippen LogP contribution in [0.5, 0.6) is 11.5 Å². The second-order valence-corrected chi connectivity index (χ2v) is 5.37. The summed E-state index contributed by atoms with van der Waals surface area (Å²) < 4.78 is 0. The molecule has 0 aliphatic heterocycles. The predicted molar refractivity (Wildman–Crippen MR) is 85.2 cm³/mol. The van der Waals surface area contributed by atoms with E-state index in [1.807, 2.05) is 6.07 Å². The van der Waals surface area contributed by atoms with Crippen LogP contribution < -0.4 is 0 Å². The number of hydrogen-bond acceptors (Lipinski definition) is 2. The summed E-state index contributed by atoms with van der Waals surface area (Å²) in [6.45, 7) is 2.07. The van der Waals surface area contributed by atoms with Crippen LogP contribution >= 0.6 is 0 Å². The molecule has 0 aromatic heterocycles. The molecular formula is C18H28O2. The molecule has 0 bridgehead atoms. The van der Waals surface area contributed by atoms with E-state index in [2.05, 4.69) is 19.1 Å². The average Bonchev–Trinajstić information content (AvgIpc) is 2.45. The molecule has 2 heteroatoms. The first-order chi connectivity index (χ1) is 9.75. The highest BCUT2D eigenvalue weighted by Gasteiger charge is 2.04. The summed E-state index contributed by atoms with van der Waals surface area (Å²) >= 11 is 0. The van der Waals surface area contributed by atoms with E-state index in [1.165, 1.54) is 51.0 Å². The number of benzene rings is 1. The number of allylic oxidation sites excluding steroid dienone is 2. The third-order valence-corrected chi connectivity index (χ3v) is 3.65. The minimum Gasteiger partial charge on any atom is -0.504 e. The lowest BCUT2D eigenvalue weighted by atomic mass is 10.0. The van der Waals surface area contributed by atoms with E-state index in [1.54, 1.807) is 6.07 Å².